The minimum atomic E-state index is -0.563. The Hall–Kier alpha value is -3.60. The lowest BCUT2D eigenvalue weighted by atomic mass is 9.97. The van der Waals surface area contributed by atoms with Crippen LogP contribution in [0.4, 0.5) is 5.82 Å². The number of nitriles is 1. The zero-order valence-electron chi connectivity index (χ0n) is 18.2. The number of aromatic nitrogens is 2. The first-order valence-electron chi connectivity index (χ1n) is 10.9. The van der Waals surface area contributed by atoms with Crippen LogP contribution >= 0.6 is 0 Å². The number of amides is 2. The van der Waals surface area contributed by atoms with Gasteiger partial charge in [-0.2, -0.15) is 10.4 Å². The molecule has 1 aliphatic heterocycles. The lowest BCUT2D eigenvalue weighted by molar-refractivity contribution is -0.134. The number of nitrogens with one attached hydrogen (secondary N) is 1. The Morgan fingerprint density at radius 2 is 2.16 bits per heavy atom. The maximum absolute atomic E-state index is 13.2. The number of carbonyl (C=O) groups excluding carboxylic acids is 2. The molecule has 1 aromatic heterocycles. The highest BCUT2D eigenvalue weighted by molar-refractivity contribution is 5.99. The molecule has 4 rings (SSSR count). The Bertz CT molecular complexity index is 1060. The van der Waals surface area contributed by atoms with Gasteiger partial charge in [-0.3, -0.25) is 14.3 Å². The molecule has 2 aromatic rings. The van der Waals surface area contributed by atoms with E-state index in [0.717, 1.165) is 18.4 Å². The quantitative estimate of drug-likeness (QED) is 0.690. The summed E-state index contributed by atoms with van der Waals surface area (Å²) in [5, 5.41) is 16.4. The number of hydrogen-bond acceptors (Lipinski definition) is 5. The van der Waals surface area contributed by atoms with Crippen LogP contribution in [0.3, 0.4) is 0 Å². The third-order valence-electron chi connectivity index (χ3n) is 6.16. The zero-order chi connectivity index (χ0) is 22.5. The summed E-state index contributed by atoms with van der Waals surface area (Å²) in [6.07, 6.45) is 8.41. The van der Waals surface area contributed by atoms with Crippen molar-refractivity contribution in [3.05, 3.63) is 59.5 Å². The molecule has 2 aliphatic rings. The fourth-order valence-electron chi connectivity index (χ4n) is 4.49. The second-order valence-electron chi connectivity index (χ2n) is 8.38. The van der Waals surface area contributed by atoms with Gasteiger partial charge in [0.15, 0.2) is 5.82 Å². The third-order valence-corrected chi connectivity index (χ3v) is 6.16. The smallest absolute Gasteiger partial charge is 0.251 e. The van der Waals surface area contributed by atoms with E-state index >= 15 is 0 Å². The minimum absolute atomic E-state index is 0.192. The number of hydrogen-bond donors (Lipinski definition) is 1. The van der Waals surface area contributed by atoms with Crippen LogP contribution < -0.4 is 5.32 Å². The van der Waals surface area contributed by atoms with Crippen LogP contribution in [0, 0.1) is 17.2 Å². The van der Waals surface area contributed by atoms with Crippen molar-refractivity contribution in [1.29, 1.82) is 5.26 Å². The summed E-state index contributed by atoms with van der Waals surface area (Å²) in [5.74, 6) is 1.03. The van der Waals surface area contributed by atoms with Crippen LogP contribution in [0.15, 0.2) is 48.4 Å². The van der Waals surface area contributed by atoms with Crippen LogP contribution in [0.1, 0.15) is 43.2 Å². The van der Waals surface area contributed by atoms with E-state index in [1.165, 1.54) is 26.0 Å². The van der Waals surface area contributed by atoms with E-state index in [2.05, 4.69) is 16.5 Å². The van der Waals surface area contributed by atoms with E-state index in [-0.39, 0.29) is 11.8 Å². The van der Waals surface area contributed by atoms with Crippen LogP contribution in [0.2, 0.25) is 0 Å². The van der Waals surface area contributed by atoms with E-state index in [1.807, 2.05) is 18.2 Å². The monoisotopic (exact) mass is 433 g/mol. The second kappa shape index (κ2) is 9.69. The highest BCUT2D eigenvalue weighted by atomic mass is 16.5. The molecule has 1 aliphatic carbocycles. The van der Waals surface area contributed by atoms with Crippen molar-refractivity contribution in [3.63, 3.8) is 0 Å². The van der Waals surface area contributed by atoms with Gasteiger partial charge in [0, 0.05) is 18.3 Å². The molecule has 0 radical (unpaired) electrons. The number of nitrogens with zero attached hydrogens (tertiary/aromatic N) is 4. The van der Waals surface area contributed by atoms with Crippen molar-refractivity contribution >= 4 is 17.6 Å². The number of benzene rings is 1. The molecular formula is C24H27N5O3. The molecule has 0 unspecified atom stereocenters. The molecule has 0 saturated heterocycles. The number of anilines is 1. The maximum atomic E-state index is 13.2. The molecule has 8 heteroatoms. The molecule has 1 fully saturated rings. The predicted octanol–water partition coefficient (Wildman–Crippen LogP) is 3.06. The minimum Gasteiger partial charge on any atom is -0.499 e. The first kappa shape index (κ1) is 21.6. The highest BCUT2D eigenvalue weighted by Crippen LogP contribution is 2.31. The summed E-state index contributed by atoms with van der Waals surface area (Å²) < 4.78 is 6.95. The summed E-state index contributed by atoms with van der Waals surface area (Å²) in [6.45, 7) is 0.798. The highest BCUT2D eigenvalue weighted by Gasteiger charge is 2.36. The Labute approximate surface area is 187 Å². The Kier molecular flexibility index (Phi) is 6.55. The predicted molar refractivity (Wildman–Crippen MR) is 118 cm³/mol. The Morgan fingerprint density at radius 1 is 1.34 bits per heavy atom. The normalized spacial score (nSPS) is 17.2. The topological polar surface area (TPSA) is 100 Å². The van der Waals surface area contributed by atoms with Gasteiger partial charge in [0.05, 0.1) is 31.8 Å². The summed E-state index contributed by atoms with van der Waals surface area (Å²) in [6, 6.07) is 10.6. The van der Waals surface area contributed by atoms with E-state index in [0.29, 0.717) is 42.6 Å². The number of rotatable bonds is 8. The van der Waals surface area contributed by atoms with Crippen molar-refractivity contribution < 1.29 is 14.3 Å². The zero-order valence-corrected chi connectivity index (χ0v) is 18.2. The molecule has 0 bridgehead atoms. The van der Waals surface area contributed by atoms with Crippen LogP contribution in [-0.2, 0) is 20.9 Å². The van der Waals surface area contributed by atoms with E-state index in [1.54, 1.807) is 27.9 Å². The number of carbonyl (C=O) groups is 2. The van der Waals surface area contributed by atoms with Gasteiger partial charge in [-0.25, -0.2) is 0 Å². The van der Waals surface area contributed by atoms with Crippen LogP contribution in [0.25, 0.3) is 0 Å². The fourth-order valence-corrected chi connectivity index (χ4v) is 4.49. The molecule has 32 heavy (non-hydrogen) atoms. The molecular weight excluding hydrogens is 406 g/mol. The summed E-state index contributed by atoms with van der Waals surface area (Å²) in [5.41, 5.74) is 1.54. The first-order chi connectivity index (χ1) is 15.6. The maximum Gasteiger partial charge on any atom is 0.251 e. The second-order valence-corrected chi connectivity index (χ2v) is 8.38. The average molecular weight is 434 g/mol. The molecule has 2 heterocycles. The number of ether oxygens (including phenoxy) is 1. The molecule has 2 amide bonds. The van der Waals surface area contributed by atoms with Gasteiger partial charge in [-0.05, 0) is 30.0 Å². The van der Waals surface area contributed by atoms with Gasteiger partial charge in [0.1, 0.15) is 11.8 Å². The largest absolute Gasteiger partial charge is 0.499 e. The van der Waals surface area contributed by atoms with Gasteiger partial charge in [-0.1, -0.05) is 37.8 Å². The van der Waals surface area contributed by atoms with Crippen molar-refractivity contribution in [1.82, 2.24) is 14.7 Å². The van der Waals surface area contributed by atoms with Crippen molar-refractivity contribution in [3.8, 4) is 6.07 Å². The van der Waals surface area contributed by atoms with Crippen molar-refractivity contribution in [2.75, 3.05) is 19.0 Å². The van der Waals surface area contributed by atoms with Gasteiger partial charge in [-0.15, -0.1) is 0 Å². The average Bonchev–Trinajstić information content (AvgIpc) is 3.54. The lowest BCUT2D eigenvalue weighted by Crippen LogP contribution is -2.46. The molecule has 1 N–H and O–H groups in total. The molecule has 166 valence electrons. The number of methoxy groups -OCH3 is 1. The van der Waals surface area contributed by atoms with Crippen LogP contribution in [0.5, 0.6) is 0 Å². The summed E-state index contributed by atoms with van der Waals surface area (Å²) in [7, 11) is 1.54. The Morgan fingerprint density at radius 3 is 2.88 bits per heavy atom. The molecule has 0 spiro atoms. The Balaban J connectivity index is 1.44. The summed E-state index contributed by atoms with van der Waals surface area (Å²) >= 11 is 0. The lowest BCUT2D eigenvalue weighted by Gasteiger charge is -2.28. The van der Waals surface area contributed by atoms with Gasteiger partial charge in [0.2, 0.25) is 5.91 Å². The van der Waals surface area contributed by atoms with Crippen LogP contribution in [-0.4, -0.2) is 46.2 Å². The molecule has 8 nitrogen and oxygen atoms in total. The SMILES string of the molecule is COC1=CC(=O)N([C@@H](CC2CCCC2)C(=O)Nc2ccn(Cc3cccc(C#N)c3)n2)C1. The fraction of sp³-hybridized carbons (Fsp3) is 0.417. The van der Waals surface area contributed by atoms with Gasteiger partial charge < -0.3 is 15.0 Å². The van der Waals surface area contributed by atoms with E-state index in [4.69, 9.17) is 10.00 Å². The van der Waals surface area contributed by atoms with Crippen molar-refractivity contribution in [2.24, 2.45) is 5.92 Å². The van der Waals surface area contributed by atoms with Crippen molar-refractivity contribution in [2.45, 2.75) is 44.7 Å². The standard InChI is InChI=1S/C24H27N5O3/c1-32-20-13-23(30)29(16-20)21(12-17-5-2-3-6-17)24(31)26-22-9-10-28(27-22)15-19-8-4-7-18(11-19)14-25/h4,7-11,13,17,21H,2-3,5-6,12,15-16H2,1H3,(H,26,27,31)/t21-/m0/s1. The van der Waals surface area contributed by atoms with E-state index in [9.17, 15) is 9.59 Å². The van der Waals surface area contributed by atoms with E-state index < -0.39 is 6.04 Å². The molecule has 1 aromatic carbocycles. The molecule has 1 saturated carbocycles. The van der Waals surface area contributed by atoms with Gasteiger partial charge >= 0.3 is 0 Å². The van der Waals surface area contributed by atoms with Gasteiger partial charge in [0.25, 0.3) is 5.91 Å². The third kappa shape index (κ3) is 4.99. The first-order valence-corrected chi connectivity index (χ1v) is 10.9. The molecule has 1 atom stereocenters. The summed E-state index contributed by atoms with van der Waals surface area (Å²) in [4.78, 5) is 27.3.